The number of benzene rings is 2. The van der Waals surface area contributed by atoms with E-state index in [0.29, 0.717) is 23.2 Å². The topological polar surface area (TPSA) is 64.6 Å². The van der Waals surface area contributed by atoms with Crippen LogP contribution in [0.5, 0.6) is 11.5 Å². The molecule has 4 aromatic rings. The summed E-state index contributed by atoms with van der Waals surface area (Å²) >= 11 is 1.49. The van der Waals surface area contributed by atoms with Crippen molar-refractivity contribution >= 4 is 32.6 Å². The molecule has 0 N–H and O–H groups in total. The minimum absolute atomic E-state index is 0.151. The van der Waals surface area contributed by atoms with E-state index in [1.54, 1.807) is 17.2 Å². The zero-order valence-electron chi connectivity index (χ0n) is 16.3. The number of thiazole rings is 1. The number of fused-ring (bicyclic) bond motifs is 2. The van der Waals surface area contributed by atoms with E-state index in [2.05, 4.69) is 11.1 Å². The van der Waals surface area contributed by atoms with Crippen molar-refractivity contribution in [3.63, 3.8) is 0 Å². The van der Waals surface area contributed by atoms with Crippen molar-refractivity contribution in [3.8, 4) is 11.5 Å². The Kier molecular flexibility index (Phi) is 4.80. The van der Waals surface area contributed by atoms with Gasteiger partial charge in [0.25, 0.3) is 5.91 Å². The quantitative estimate of drug-likeness (QED) is 0.493. The maximum Gasteiger partial charge on any atom is 0.273 e. The molecule has 1 aliphatic heterocycles. The molecule has 3 heterocycles. The molecule has 2 aromatic heterocycles. The lowest BCUT2D eigenvalue weighted by molar-refractivity contribution is -0.127. The van der Waals surface area contributed by atoms with Gasteiger partial charge in [-0.3, -0.25) is 14.7 Å². The van der Waals surface area contributed by atoms with E-state index in [0.717, 1.165) is 21.5 Å². The Morgan fingerprint density at radius 3 is 2.80 bits per heavy atom. The highest BCUT2D eigenvalue weighted by molar-refractivity contribution is 7.22. The lowest BCUT2D eigenvalue weighted by Gasteiger charge is -2.29. The number of para-hydroxylation sites is 2. The standard InChI is InChI=1S/C23H19N3O3S/c1-15-9-10-17-21(12-15)30-23(25-17)26(13-16-6-4-5-11-24-16)22(27)20-14-28-18-7-2-3-8-19(18)29-20/h2-12,20H,13-14H2,1H3/t20-/m1/s1. The first-order valence-corrected chi connectivity index (χ1v) is 10.5. The van der Waals surface area contributed by atoms with Crippen LogP contribution in [0, 0.1) is 6.92 Å². The van der Waals surface area contributed by atoms with Crippen LogP contribution in [0.2, 0.25) is 0 Å². The number of carbonyl (C=O) groups excluding carboxylic acids is 1. The second-order valence-electron chi connectivity index (χ2n) is 7.08. The van der Waals surface area contributed by atoms with E-state index in [1.165, 1.54) is 11.3 Å². The van der Waals surface area contributed by atoms with Crippen LogP contribution in [-0.2, 0) is 11.3 Å². The van der Waals surface area contributed by atoms with Gasteiger partial charge in [0, 0.05) is 6.20 Å². The van der Waals surface area contributed by atoms with Crippen LogP contribution in [0.15, 0.2) is 66.9 Å². The van der Waals surface area contributed by atoms with E-state index < -0.39 is 6.10 Å². The summed E-state index contributed by atoms with van der Waals surface area (Å²) in [6, 6.07) is 19.1. The van der Waals surface area contributed by atoms with Crippen molar-refractivity contribution < 1.29 is 14.3 Å². The number of rotatable bonds is 4. The van der Waals surface area contributed by atoms with Crippen molar-refractivity contribution in [3.05, 3.63) is 78.1 Å². The van der Waals surface area contributed by atoms with Crippen molar-refractivity contribution in [2.45, 2.75) is 19.6 Å². The SMILES string of the molecule is Cc1ccc2nc(N(Cc3ccccn3)C(=O)[C@H]3COc4ccccc4O3)sc2c1. The maximum absolute atomic E-state index is 13.5. The predicted molar refractivity (Wildman–Crippen MR) is 116 cm³/mol. The molecule has 150 valence electrons. The fraction of sp³-hybridized carbons (Fsp3) is 0.174. The minimum Gasteiger partial charge on any atom is -0.485 e. The van der Waals surface area contributed by atoms with E-state index in [1.807, 2.05) is 55.5 Å². The minimum atomic E-state index is -0.752. The van der Waals surface area contributed by atoms with E-state index in [9.17, 15) is 4.79 Å². The third-order valence-corrected chi connectivity index (χ3v) is 5.90. The van der Waals surface area contributed by atoms with Gasteiger partial charge in [-0.25, -0.2) is 4.98 Å². The first-order chi connectivity index (χ1) is 14.7. The van der Waals surface area contributed by atoms with E-state index >= 15 is 0 Å². The number of pyridine rings is 1. The molecule has 5 rings (SSSR count). The van der Waals surface area contributed by atoms with Crippen molar-refractivity contribution in [2.75, 3.05) is 11.5 Å². The number of ether oxygens (including phenoxy) is 2. The molecule has 0 aliphatic carbocycles. The summed E-state index contributed by atoms with van der Waals surface area (Å²) in [5, 5.41) is 0.619. The second kappa shape index (κ2) is 7.76. The van der Waals surface area contributed by atoms with Gasteiger partial charge in [0.1, 0.15) is 6.61 Å². The Balaban J connectivity index is 1.49. The first kappa shape index (κ1) is 18.6. The molecule has 7 heteroatoms. The summed E-state index contributed by atoms with van der Waals surface area (Å²) in [5.74, 6) is 1.01. The molecular weight excluding hydrogens is 398 g/mol. The number of nitrogens with zero attached hydrogens (tertiary/aromatic N) is 3. The van der Waals surface area contributed by atoms with Crippen molar-refractivity contribution in [1.29, 1.82) is 0 Å². The molecule has 0 bridgehead atoms. The van der Waals surface area contributed by atoms with Gasteiger partial charge in [-0.2, -0.15) is 0 Å². The van der Waals surface area contributed by atoms with Gasteiger partial charge >= 0.3 is 0 Å². The fourth-order valence-electron chi connectivity index (χ4n) is 3.34. The highest BCUT2D eigenvalue weighted by Crippen LogP contribution is 2.34. The Morgan fingerprint density at radius 1 is 1.13 bits per heavy atom. The molecule has 1 atom stereocenters. The van der Waals surface area contributed by atoms with Gasteiger partial charge in [0.05, 0.1) is 22.5 Å². The van der Waals surface area contributed by atoms with Crippen LogP contribution in [0.25, 0.3) is 10.2 Å². The molecule has 2 aromatic carbocycles. The van der Waals surface area contributed by atoms with Gasteiger partial charge in [0.15, 0.2) is 16.6 Å². The zero-order chi connectivity index (χ0) is 20.5. The highest BCUT2D eigenvalue weighted by Gasteiger charge is 2.33. The van der Waals surface area contributed by atoms with Crippen LogP contribution < -0.4 is 14.4 Å². The normalized spacial score (nSPS) is 15.2. The van der Waals surface area contributed by atoms with Crippen LogP contribution >= 0.6 is 11.3 Å². The Morgan fingerprint density at radius 2 is 1.97 bits per heavy atom. The average molecular weight is 417 g/mol. The summed E-state index contributed by atoms with van der Waals surface area (Å²) < 4.78 is 12.8. The molecule has 0 spiro atoms. The summed E-state index contributed by atoms with van der Waals surface area (Å²) in [5.41, 5.74) is 2.80. The third kappa shape index (κ3) is 3.59. The number of anilines is 1. The average Bonchev–Trinajstić information content (AvgIpc) is 3.20. The Bertz CT molecular complexity index is 1210. The van der Waals surface area contributed by atoms with E-state index in [4.69, 9.17) is 14.5 Å². The van der Waals surface area contributed by atoms with Crippen molar-refractivity contribution in [2.24, 2.45) is 0 Å². The molecule has 1 aliphatic rings. The molecule has 0 fully saturated rings. The molecule has 0 unspecified atom stereocenters. The van der Waals surface area contributed by atoms with Gasteiger partial charge < -0.3 is 9.47 Å². The van der Waals surface area contributed by atoms with Crippen molar-refractivity contribution in [1.82, 2.24) is 9.97 Å². The Hall–Kier alpha value is -3.45. The lowest BCUT2D eigenvalue weighted by Crippen LogP contribution is -2.46. The molecule has 0 saturated carbocycles. The summed E-state index contributed by atoms with van der Waals surface area (Å²) in [6.45, 7) is 2.50. The molecule has 6 nitrogen and oxygen atoms in total. The van der Waals surface area contributed by atoms with Crippen LogP contribution in [0.1, 0.15) is 11.3 Å². The van der Waals surface area contributed by atoms with Crippen LogP contribution in [-0.4, -0.2) is 28.6 Å². The van der Waals surface area contributed by atoms with Gasteiger partial charge in [0.2, 0.25) is 6.10 Å². The fourth-order valence-corrected chi connectivity index (χ4v) is 4.41. The molecule has 1 amide bonds. The summed E-state index contributed by atoms with van der Waals surface area (Å²) in [7, 11) is 0. The Labute approximate surface area is 177 Å². The summed E-state index contributed by atoms with van der Waals surface area (Å²) in [6.07, 6.45) is 0.966. The number of aromatic nitrogens is 2. The lowest BCUT2D eigenvalue weighted by atomic mass is 10.2. The monoisotopic (exact) mass is 417 g/mol. The number of carbonyl (C=O) groups is 1. The number of amides is 1. The van der Waals surface area contributed by atoms with Crippen LogP contribution in [0.3, 0.4) is 0 Å². The highest BCUT2D eigenvalue weighted by atomic mass is 32.1. The molecule has 0 saturated heterocycles. The number of hydrogen-bond acceptors (Lipinski definition) is 6. The number of aryl methyl sites for hydroxylation is 1. The predicted octanol–water partition coefficient (Wildman–Crippen LogP) is 4.37. The van der Waals surface area contributed by atoms with Gasteiger partial charge in [-0.1, -0.05) is 35.6 Å². The van der Waals surface area contributed by atoms with Gasteiger partial charge in [-0.15, -0.1) is 0 Å². The second-order valence-corrected chi connectivity index (χ2v) is 8.09. The third-order valence-electron chi connectivity index (χ3n) is 4.86. The molecular formula is C23H19N3O3S. The smallest absolute Gasteiger partial charge is 0.273 e. The zero-order valence-corrected chi connectivity index (χ0v) is 17.1. The molecule has 0 radical (unpaired) electrons. The summed E-state index contributed by atoms with van der Waals surface area (Å²) in [4.78, 5) is 24.3. The van der Waals surface area contributed by atoms with Crippen LogP contribution in [0.4, 0.5) is 5.13 Å². The van der Waals surface area contributed by atoms with Gasteiger partial charge in [-0.05, 0) is 48.9 Å². The molecule has 30 heavy (non-hydrogen) atoms. The van der Waals surface area contributed by atoms with E-state index in [-0.39, 0.29) is 12.5 Å². The largest absolute Gasteiger partial charge is 0.485 e. The first-order valence-electron chi connectivity index (χ1n) is 9.64. The maximum atomic E-state index is 13.5. The number of hydrogen-bond donors (Lipinski definition) is 0.